The van der Waals surface area contributed by atoms with Crippen LogP contribution in [0.2, 0.25) is 0 Å². The van der Waals surface area contributed by atoms with Crippen molar-refractivity contribution in [3.8, 4) is 11.1 Å². The summed E-state index contributed by atoms with van der Waals surface area (Å²) in [6.07, 6.45) is -0.764. The number of carbonyl (C=O) groups is 1. The summed E-state index contributed by atoms with van der Waals surface area (Å²) < 4.78 is 46.7. The van der Waals surface area contributed by atoms with Crippen LogP contribution < -0.4 is 67.5 Å². The van der Waals surface area contributed by atoms with Crippen LogP contribution in [0.4, 0.5) is 23.4 Å². The number of nitrogens with zero attached hydrogens (tertiary/aromatic N) is 1. The summed E-state index contributed by atoms with van der Waals surface area (Å²) >= 11 is 0. The fourth-order valence-corrected chi connectivity index (χ4v) is 5.14. The van der Waals surface area contributed by atoms with Crippen molar-refractivity contribution in [1.82, 2.24) is 10.2 Å². The minimum Gasteiger partial charge on any atom is -0.448 e. The molecule has 0 saturated carbocycles. The third-order valence-corrected chi connectivity index (χ3v) is 7.10. The maximum absolute atomic E-state index is 13.7. The Morgan fingerprint density at radius 1 is 1.03 bits per heavy atom. The van der Waals surface area contributed by atoms with Crippen molar-refractivity contribution >= 4 is 24.2 Å². The van der Waals surface area contributed by atoms with Gasteiger partial charge in [0, 0.05) is 44.3 Å². The fourth-order valence-electron chi connectivity index (χ4n) is 5.14. The van der Waals surface area contributed by atoms with Crippen LogP contribution in [0.25, 0.3) is 11.1 Å². The number of hydrogen-bond acceptors (Lipinski definition) is 4. The van der Waals surface area contributed by atoms with Crippen molar-refractivity contribution in [3.05, 3.63) is 82.9 Å². The van der Waals surface area contributed by atoms with E-state index in [0.717, 1.165) is 54.5 Å². The van der Waals surface area contributed by atoms with Gasteiger partial charge in [0.15, 0.2) is 0 Å². The number of nitrogens with one attached hydrogen (secondary N) is 2. The van der Waals surface area contributed by atoms with Gasteiger partial charge in [-0.15, -0.1) is 5.46 Å². The van der Waals surface area contributed by atoms with Gasteiger partial charge < -0.3 is 23.0 Å². The molecule has 0 atom stereocenters. The van der Waals surface area contributed by atoms with E-state index < -0.39 is 18.5 Å². The van der Waals surface area contributed by atoms with Gasteiger partial charge in [-0.2, -0.15) is 0 Å². The second kappa shape index (κ2) is 12.0. The van der Waals surface area contributed by atoms with Gasteiger partial charge >= 0.3 is 64.5 Å². The zero-order valence-corrected chi connectivity index (χ0v) is 24.2. The Kier molecular flexibility index (Phi) is 9.22. The molecule has 1 aliphatic carbocycles. The van der Waals surface area contributed by atoms with E-state index in [0.29, 0.717) is 17.7 Å². The molecule has 5 rings (SSSR count). The maximum Gasteiger partial charge on any atom is 1.00 e. The van der Waals surface area contributed by atoms with Crippen molar-refractivity contribution in [3.63, 3.8) is 0 Å². The molecule has 1 fully saturated rings. The Morgan fingerprint density at radius 2 is 1.62 bits per heavy atom. The van der Waals surface area contributed by atoms with Crippen molar-refractivity contribution in [2.75, 3.05) is 38.1 Å². The van der Waals surface area contributed by atoms with E-state index in [1.54, 1.807) is 6.92 Å². The number of amides is 1. The molecule has 0 aromatic heterocycles. The first kappa shape index (κ1) is 28.4. The number of fused-ring (bicyclic) bond motifs is 3. The van der Waals surface area contributed by atoms with Crippen LogP contribution >= 0.6 is 0 Å². The molecule has 0 unspecified atom stereocenters. The molecule has 1 aliphatic heterocycles. The number of benzene rings is 3. The van der Waals surface area contributed by atoms with E-state index in [4.69, 9.17) is 4.74 Å². The Balaban J connectivity index is 0.00000320. The molecule has 1 heterocycles. The average Bonchev–Trinajstić information content (AvgIpc) is 3.19. The molecule has 10 heteroatoms. The molecule has 1 saturated heterocycles. The number of rotatable bonds is 6. The zero-order chi connectivity index (χ0) is 25.3. The fraction of sp³-hybridized carbons (Fsp3) is 0.296. The van der Waals surface area contributed by atoms with Gasteiger partial charge in [-0.05, 0) is 40.3 Å². The van der Waals surface area contributed by atoms with Crippen molar-refractivity contribution in [2.45, 2.75) is 19.4 Å². The smallest absolute Gasteiger partial charge is 0.448 e. The van der Waals surface area contributed by atoms with E-state index in [9.17, 15) is 17.7 Å². The normalized spacial score (nSPS) is 15.5. The van der Waals surface area contributed by atoms with Gasteiger partial charge in [-0.25, -0.2) is 4.79 Å². The number of hydrogen-bond donors (Lipinski definition) is 2. The molecule has 0 radical (unpaired) electrons. The second-order valence-electron chi connectivity index (χ2n) is 9.40. The summed E-state index contributed by atoms with van der Waals surface area (Å²) in [5.74, 6) is -0.127. The molecule has 0 bridgehead atoms. The molecule has 0 spiro atoms. The van der Waals surface area contributed by atoms with E-state index in [1.165, 1.54) is 6.07 Å². The molecule has 188 valence electrons. The summed E-state index contributed by atoms with van der Waals surface area (Å²) in [5.41, 5.74) is 4.94. The molecule has 3 aromatic rings. The first-order chi connectivity index (χ1) is 17.3. The van der Waals surface area contributed by atoms with Gasteiger partial charge in [0.1, 0.15) is 6.61 Å². The third-order valence-electron chi connectivity index (χ3n) is 7.10. The number of halogens is 3. The Morgan fingerprint density at radius 3 is 2.22 bits per heavy atom. The Labute approximate surface area is 257 Å². The summed E-state index contributed by atoms with van der Waals surface area (Å²) in [6, 6.07) is 18.2. The van der Waals surface area contributed by atoms with Gasteiger partial charge in [-0.3, -0.25) is 10.2 Å². The van der Waals surface area contributed by atoms with Crippen LogP contribution in [0.15, 0.2) is 60.7 Å². The Hall–Kier alpha value is -1.66. The van der Waals surface area contributed by atoms with E-state index in [-0.39, 0.29) is 69.6 Å². The van der Waals surface area contributed by atoms with Gasteiger partial charge in [0.25, 0.3) is 0 Å². The van der Waals surface area contributed by atoms with Crippen molar-refractivity contribution in [2.24, 2.45) is 0 Å². The molecule has 1 amide bonds. The maximum atomic E-state index is 13.7. The van der Waals surface area contributed by atoms with Gasteiger partial charge in [0.05, 0.1) is 0 Å². The minimum atomic E-state index is -5.22. The zero-order valence-electron chi connectivity index (χ0n) is 21.1. The summed E-state index contributed by atoms with van der Waals surface area (Å²) in [7, 11) is 0. The monoisotopic (exact) mass is 533 g/mol. The van der Waals surface area contributed by atoms with Crippen LogP contribution in [0.3, 0.4) is 0 Å². The van der Waals surface area contributed by atoms with Crippen LogP contribution in [0.1, 0.15) is 28.2 Å². The van der Waals surface area contributed by atoms with Crippen LogP contribution in [0, 0.1) is 6.92 Å². The van der Waals surface area contributed by atoms with E-state index in [2.05, 4.69) is 15.5 Å². The third kappa shape index (κ3) is 6.33. The van der Waals surface area contributed by atoms with E-state index in [1.807, 2.05) is 48.5 Å². The van der Waals surface area contributed by atoms with Crippen molar-refractivity contribution in [1.29, 1.82) is 0 Å². The topological polar surface area (TPSA) is 53.6 Å². The SMILES string of the molecule is Cc1c(CN2CCNCC2)cc([B-](F)(F)F)cc1NC(=O)OCC1c2ccccc2-c2ccccc21.[K+]. The quantitative estimate of drug-likeness (QED) is 0.475. The molecular weight excluding hydrogens is 505 g/mol. The van der Waals surface area contributed by atoms with Crippen LogP contribution in [0.5, 0.6) is 0 Å². The summed E-state index contributed by atoms with van der Waals surface area (Å²) in [5, 5.41) is 5.84. The first-order valence-corrected chi connectivity index (χ1v) is 12.2. The predicted octanol–water partition coefficient (Wildman–Crippen LogP) is 1.82. The predicted molar refractivity (Wildman–Crippen MR) is 137 cm³/mol. The molecule has 37 heavy (non-hydrogen) atoms. The Bertz CT molecular complexity index is 1240. The number of carbonyl (C=O) groups excluding carboxylic acids is 1. The molecule has 3 aromatic carbocycles. The number of anilines is 1. The summed E-state index contributed by atoms with van der Waals surface area (Å²) in [4.78, 5) is 14.9. The standard InChI is InChI=1S/C27H28BF3N3O2.K/c1-18-19(16-34-12-10-32-11-13-34)14-20(28(29,30)31)15-26(18)33-27(35)36-17-25-23-8-4-2-6-21(23)22-7-3-5-9-24(22)25;/h2-9,14-15,25,32H,10-13,16-17H2,1H3,(H,33,35);/q-1;+1. The van der Waals surface area contributed by atoms with Gasteiger partial charge in [0.2, 0.25) is 0 Å². The number of piperazine rings is 1. The molecule has 5 nitrogen and oxygen atoms in total. The van der Waals surface area contributed by atoms with E-state index >= 15 is 0 Å². The minimum absolute atomic E-state index is 0. The molecule has 2 aliphatic rings. The number of ether oxygens (including phenoxy) is 1. The summed E-state index contributed by atoms with van der Waals surface area (Å²) in [6.45, 7) is 0.121. The second-order valence-corrected chi connectivity index (χ2v) is 9.40. The molecule has 2 N–H and O–H groups in total. The van der Waals surface area contributed by atoms with Crippen LogP contribution in [-0.2, 0) is 11.3 Å². The van der Waals surface area contributed by atoms with Crippen molar-refractivity contribution < 1.29 is 73.9 Å². The molecular formula is C27H28BF3KN3O2. The first-order valence-electron chi connectivity index (χ1n) is 12.2. The van der Waals surface area contributed by atoms with Crippen LogP contribution in [-0.4, -0.2) is 50.8 Å². The van der Waals surface area contributed by atoms with Gasteiger partial charge in [-0.1, -0.05) is 60.7 Å². The largest absolute Gasteiger partial charge is 1.00 e. The average molecular weight is 533 g/mol.